The lowest BCUT2D eigenvalue weighted by atomic mass is 9.85. The van der Waals surface area contributed by atoms with Gasteiger partial charge in [0.1, 0.15) is 12.4 Å². The van der Waals surface area contributed by atoms with Gasteiger partial charge in [0.25, 0.3) is 5.91 Å². The number of hydrogen-bond donors (Lipinski definition) is 4. The molecule has 0 bridgehead atoms. The molecule has 2 saturated carbocycles. The summed E-state index contributed by atoms with van der Waals surface area (Å²) in [5.41, 5.74) is 9.52. The Morgan fingerprint density at radius 3 is 2.25 bits per heavy atom. The van der Waals surface area contributed by atoms with E-state index in [-0.39, 0.29) is 109 Å². The van der Waals surface area contributed by atoms with E-state index in [9.17, 15) is 24.0 Å². The van der Waals surface area contributed by atoms with Gasteiger partial charge in [-0.05, 0) is 118 Å². The van der Waals surface area contributed by atoms with Gasteiger partial charge in [0.2, 0.25) is 17.7 Å². The van der Waals surface area contributed by atoms with Crippen molar-refractivity contribution < 1.29 is 47.3 Å². The first kappa shape index (κ1) is 52.3. The number of nitrogens with one attached hydrogen (secondary N) is 3. The highest BCUT2D eigenvalue weighted by Crippen LogP contribution is 2.40. The zero-order valence-electron chi connectivity index (χ0n) is 41.1. The summed E-state index contributed by atoms with van der Waals surface area (Å²) in [6.07, 6.45) is 8.56. The van der Waals surface area contributed by atoms with Crippen LogP contribution in [0.2, 0.25) is 5.02 Å². The predicted octanol–water partition coefficient (Wildman–Crippen LogP) is 7.82. The molecule has 17 heteroatoms. The van der Waals surface area contributed by atoms with Gasteiger partial charge in [0.05, 0.1) is 30.1 Å². The van der Waals surface area contributed by atoms with Crippen molar-refractivity contribution in [3.63, 3.8) is 0 Å². The zero-order chi connectivity index (χ0) is 50.7. The first-order valence-electron chi connectivity index (χ1n) is 25.3. The Morgan fingerprint density at radius 2 is 1.54 bits per heavy atom. The highest BCUT2D eigenvalue weighted by Gasteiger charge is 2.33. The Kier molecular flexibility index (Phi) is 17.8. The van der Waals surface area contributed by atoms with Crippen molar-refractivity contribution in [1.82, 2.24) is 20.9 Å². The summed E-state index contributed by atoms with van der Waals surface area (Å²) in [4.78, 5) is 66.6. The number of carbonyl (C=O) groups is 5. The third kappa shape index (κ3) is 13.1. The lowest BCUT2D eigenvalue weighted by Crippen LogP contribution is -2.49. The smallest absolute Gasteiger partial charge is 0.328 e. The number of nitrogens with zero attached hydrogens (tertiary/aromatic N) is 2. The van der Waals surface area contributed by atoms with Crippen LogP contribution in [-0.4, -0.2) is 112 Å². The summed E-state index contributed by atoms with van der Waals surface area (Å²) >= 11 is 6.75. The van der Waals surface area contributed by atoms with Gasteiger partial charge >= 0.3 is 6.03 Å². The van der Waals surface area contributed by atoms with Crippen molar-refractivity contribution >= 4 is 46.9 Å². The lowest BCUT2D eigenvalue weighted by molar-refractivity contribution is -0.137. The number of hydrogen-bond acceptors (Lipinski definition) is 10. The van der Waals surface area contributed by atoms with Crippen molar-refractivity contribution in [2.75, 3.05) is 58.0 Å². The van der Waals surface area contributed by atoms with Crippen LogP contribution in [0.3, 0.4) is 0 Å². The maximum absolute atomic E-state index is 16.2. The van der Waals surface area contributed by atoms with Crippen LogP contribution in [0.5, 0.6) is 11.5 Å². The standard InChI is InChI=1S/C55H66ClFN6O9/c1-34-8-16-42(31-47(34)63-27-24-49(64)61-55(63)68)71-33-50(65)62-25-22-41(23-26-62)72-40-17-9-36(10-18-40)54(67)60-39-14-12-38(13-15-39)59-32-45(35-6-4-3-5-7-35)37-11-20-46(56)44(30-37)51-43(53(58)66)19-21-48(52(51)57)70-29-28-69-2/h3-8,11,16,19-21,30-31,36,38-41,45,59H,9-10,12-15,17-18,22-29,32-33H2,1-2H3,(H2,58,66)(H,60,67)(H,61,64,68). The number of amides is 6. The Hall–Kier alpha value is -6.07. The number of aryl methyl sites for hydroxylation is 1. The van der Waals surface area contributed by atoms with Gasteiger partial charge < -0.3 is 40.2 Å². The molecule has 0 radical (unpaired) electrons. The summed E-state index contributed by atoms with van der Waals surface area (Å²) in [6.45, 7) is 4.16. The maximum Gasteiger partial charge on any atom is 0.328 e. The molecule has 4 aliphatic rings. The van der Waals surface area contributed by atoms with Crippen LogP contribution in [0.4, 0.5) is 14.9 Å². The topological polar surface area (TPSA) is 191 Å². The molecule has 0 aromatic heterocycles. The summed E-state index contributed by atoms with van der Waals surface area (Å²) in [5.74, 6) is -1.52. The first-order valence-corrected chi connectivity index (χ1v) is 25.6. The number of anilines is 1. The average molecular weight is 1010 g/mol. The minimum atomic E-state index is -0.783. The number of piperidine rings is 1. The fourth-order valence-electron chi connectivity index (χ4n) is 10.5. The summed E-state index contributed by atoms with van der Waals surface area (Å²) in [6, 6.07) is 23.6. The van der Waals surface area contributed by atoms with Crippen molar-refractivity contribution in [2.24, 2.45) is 11.7 Å². The lowest BCUT2D eigenvalue weighted by Gasteiger charge is -2.36. The maximum atomic E-state index is 16.2. The number of halogens is 2. The van der Waals surface area contributed by atoms with Crippen molar-refractivity contribution in [3.8, 4) is 22.6 Å². The number of urea groups is 1. The number of benzene rings is 4. The van der Waals surface area contributed by atoms with Gasteiger partial charge in [0, 0.05) is 85.8 Å². The summed E-state index contributed by atoms with van der Waals surface area (Å²) in [5, 5.41) is 9.78. The molecular weight excluding hydrogens is 943 g/mol. The molecule has 2 saturated heterocycles. The number of carbonyl (C=O) groups excluding carboxylic acids is 5. The SMILES string of the molecule is COCCOc1ccc(C(N)=O)c(-c2cc(C(CNC3CCC(NC(=O)C4CCC(OC5CCN(C(=O)COc6ccc(C)c(N7CCC(=O)NC7=O)c6)CC5)CC4)CC3)c3ccccc3)ccc2Cl)c1F. The molecule has 8 rings (SSSR count). The van der Waals surface area contributed by atoms with E-state index in [0.29, 0.717) is 36.6 Å². The number of likely N-dealkylation sites (tertiary alicyclic amines) is 1. The summed E-state index contributed by atoms with van der Waals surface area (Å²) < 4.78 is 39.3. The molecule has 0 spiro atoms. The molecule has 5 N–H and O–H groups in total. The molecule has 2 aliphatic heterocycles. The Balaban J connectivity index is 0.766. The number of primary amides is 1. The fourth-order valence-corrected chi connectivity index (χ4v) is 10.7. The van der Waals surface area contributed by atoms with E-state index < -0.39 is 17.8 Å². The van der Waals surface area contributed by atoms with Crippen molar-refractivity contribution in [3.05, 3.63) is 112 Å². The number of nitrogens with two attached hydrogens (primary N) is 1. The molecule has 4 aromatic rings. The van der Waals surface area contributed by atoms with E-state index in [1.54, 1.807) is 23.1 Å². The average Bonchev–Trinajstić information content (AvgIpc) is 3.38. The van der Waals surface area contributed by atoms with Gasteiger partial charge in [0.15, 0.2) is 18.2 Å². The molecular formula is C55H66ClFN6O9. The molecule has 384 valence electrons. The zero-order valence-corrected chi connectivity index (χ0v) is 41.9. The molecule has 1 unspecified atom stereocenters. The van der Waals surface area contributed by atoms with Gasteiger partial charge in [-0.2, -0.15) is 0 Å². The number of rotatable bonds is 19. The largest absolute Gasteiger partial charge is 0.488 e. The van der Waals surface area contributed by atoms with E-state index in [1.165, 1.54) is 24.1 Å². The second-order valence-corrected chi connectivity index (χ2v) is 19.8. The van der Waals surface area contributed by atoms with Crippen molar-refractivity contribution in [1.29, 1.82) is 0 Å². The van der Waals surface area contributed by atoms with Crippen LogP contribution < -0.4 is 36.1 Å². The molecule has 1 atom stereocenters. The molecule has 4 fully saturated rings. The van der Waals surface area contributed by atoms with Gasteiger partial charge in [-0.15, -0.1) is 0 Å². The van der Waals surface area contributed by atoms with E-state index >= 15 is 4.39 Å². The molecule has 4 aromatic carbocycles. The first-order chi connectivity index (χ1) is 34.8. The second kappa shape index (κ2) is 24.6. The number of methoxy groups -OCH3 is 1. The minimum absolute atomic E-state index is 0.000820. The van der Waals surface area contributed by atoms with E-state index in [1.807, 2.05) is 43.3 Å². The van der Waals surface area contributed by atoms with Crippen LogP contribution >= 0.6 is 11.6 Å². The fraction of sp³-hybridized carbons (Fsp3) is 0.473. The predicted molar refractivity (Wildman–Crippen MR) is 272 cm³/mol. The van der Waals surface area contributed by atoms with Crippen LogP contribution in [0.1, 0.15) is 104 Å². The van der Waals surface area contributed by atoms with Crippen LogP contribution in [0.25, 0.3) is 11.1 Å². The van der Waals surface area contributed by atoms with Crippen LogP contribution in [-0.2, 0) is 23.9 Å². The Morgan fingerprint density at radius 1 is 0.819 bits per heavy atom. The van der Waals surface area contributed by atoms with E-state index in [0.717, 1.165) is 80.9 Å². The third-order valence-electron chi connectivity index (χ3n) is 14.6. The molecule has 15 nitrogen and oxygen atoms in total. The second-order valence-electron chi connectivity index (χ2n) is 19.4. The minimum Gasteiger partial charge on any atom is -0.488 e. The normalized spacial score (nSPS) is 21.2. The Labute approximate surface area is 425 Å². The highest BCUT2D eigenvalue weighted by molar-refractivity contribution is 6.33. The quantitative estimate of drug-likeness (QED) is 0.0674. The van der Waals surface area contributed by atoms with Crippen LogP contribution in [0.15, 0.2) is 78.9 Å². The van der Waals surface area contributed by atoms with Gasteiger partial charge in [-0.3, -0.25) is 29.4 Å². The number of imide groups is 1. The third-order valence-corrected chi connectivity index (χ3v) is 14.9. The molecule has 2 aliphatic carbocycles. The van der Waals surface area contributed by atoms with Gasteiger partial charge in [-0.1, -0.05) is 54.1 Å². The van der Waals surface area contributed by atoms with Gasteiger partial charge in [-0.25, -0.2) is 9.18 Å². The molecule has 6 amide bonds. The van der Waals surface area contributed by atoms with E-state index in [2.05, 4.69) is 28.1 Å². The summed E-state index contributed by atoms with van der Waals surface area (Å²) in [7, 11) is 1.53. The molecule has 2 heterocycles. The number of ether oxygens (including phenoxy) is 4. The highest BCUT2D eigenvalue weighted by atomic mass is 35.5. The van der Waals surface area contributed by atoms with Crippen molar-refractivity contribution in [2.45, 2.75) is 108 Å². The van der Waals surface area contributed by atoms with E-state index in [4.69, 9.17) is 36.3 Å². The Bertz CT molecular complexity index is 2560. The monoisotopic (exact) mass is 1010 g/mol. The van der Waals surface area contributed by atoms with Crippen LogP contribution in [0, 0.1) is 18.7 Å². The molecule has 72 heavy (non-hydrogen) atoms.